The van der Waals surface area contributed by atoms with Crippen LogP contribution in [-0.2, 0) is 9.53 Å². The van der Waals surface area contributed by atoms with Crippen LogP contribution in [0.3, 0.4) is 0 Å². The van der Waals surface area contributed by atoms with Crippen LogP contribution in [0.2, 0.25) is 0 Å². The molecule has 3 rings (SSSR count). The molecule has 1 unspecified atom stereocenters. The van der Waals surface area contributed by atoms with Crippen LogP contribution in [0.25, 0.3) is 0 Å². The monoisotopic (exact) mass is 544 g/mol. The lowest BCUT2D eigenvalue weighted by Gasteiger charge is -2.26. The van der Waals surface area contributed by atoms with Gasteiger partial charge in [-0.15, -0.1) is 0 Å². The molecular weight excluding hydrogens is 496 g/mol. The van der Waals surface area contributed by atoms with Gasteiger partial charge in [0.15, 0.2) is 0 Å². The highest BCUT2D eigenvalue weighted by atomic mass is 16.5. The summed E-state index contributed by atoms with van der Waals surface area (Å²) >= 11 is 0. The van der Waals surface area contributed by atoms with E-state index in [0.29, 0.717) is 29.4 Å². The molecule has 1 saturated heterocycles. The first-order valence-corrected chi connectivity index (χ1v) is 13.4. The molecule has 0 bridgehead atoms. The van der Waals surface area contributed by atoms with Crippen molar-refractivity contribution >= 4 is 41.6 Å². The maximum Gasteiger partial charge on any atom is 0.142 e. The Hall–Kier alpha value is -3.43. The van der Waals surface area contributed by atoms with E-state index in [1.54, 1.807) is 34.5 Å². The van der Waals surface area contributed by atoms with Gasteiger partial charge in [0.1, 0.15) is 23.6 Å². The van der Waals surface area contributed by atoms with Crippen molar-refractivity contribution in [1.29, 1.82) is 0 Å². The van der Waals surface area contributed by atoms with Gasteiger partial charge in [-0.3, -0.25) is 4.99 Å². The van der Waals surface area contributed by atoms with Gasteiger partial charge in [-0.25, -0.2) is 4.99 Å². The molecule has 0 radical (unpaired) electrons. The lowest BCUT2D eigenvalue weighted by atomic mass is 10.2. The van der Waals surface area contributed by atoms with Crippen LogP contribution in [0.15, 0.2) is 46.4 Å². The van der Waals surface area contributed by atoms with E-state index < -0.39 is 0 Å². The van der Waals surface area contributed by atoms with Crippen LogP contribution in [-0.4, -0.2) is 83.0 Å². The summed E-state index contributed by atoms with van der Waals surface area (Å²) < 4.78 is 15.1. The van der Waals surface area contributed by atoms with Crippen molar-refractivity contribution in [2.24, 2.45) is 9.98 Å². The summed E-state index contributed by atoms with van der Waals surface area (Å²) in [5.41, 5.74) is 2.91. The molecular formula is C30H48N4O5. The van der Waals surface area contributed by atoms with Gasteiger partial charge in [-0.1, -0.05) is 27.7 Å². The van der Waals surface area contributed by atoms with Gasteiger partial charge in [0, 0.05) is 56.9 Å². The molecule has 1 aliphatic rings. The highest BCUT2D eigenvalue weighted by Crippen LogP contribution is 2.37. The number of aliphatic hydroxyl groups is 1. The zero-order valence-corrected chi connectivity index (χ0v) is 25.2. The predicted octanol–water partition coefficient (Wildman–Crippen LogP) is 6.19. The van der Waals surface area contributed by atoms with Gasteiger partial charge < -0.3 is 33.9 Å². The van der Waals surface area contributed by atoms with Crippen molar-refractivity contribution in [3.8, 4) is 11.5 Å². The first-order chi connectivity index (χ1) is 19.0. The van der Waals surface area contributed by atoms with E-state index in [4.69, 9.17) is 14.5 Å². The van der Waals surface area contributed by atoms with Crippen LogP contribution >= 0.6 is 0 Å². The van der Waals surface area contributed by atoms with Crippen molar-refractivity contribution in [1.82, 2.24) is 4.90 Å². The summed E-state index contributed by atoms with van der Waals surface area (Å²) in [5, 5.41) is 9.73. The summed E-state index contributed by atoms with van der Waals surface area (Å²) in [6.07, 6.45) is 2.78. The number of ether oxygens (including phenoxy) is 3. The van der Waals surface area contributed by atoms with E-state index in [9.17, 15) is 9.90 Å². The van der Waals surface area contributed by atoms with Crippen molar-refractivity contribution in [2.75, 3.05) is 53.0 Å². The predicted molar refractivity (Wildman–Crippen MR) is 163 cm³/mol. The molecule has 1 atom stereocenters. The van der Waals surface area contributed by atoms with Gasteiger partial charge in [0.05, 0.1) is 38.2 Å². The van der Waals surface area contributed by atoms with Gasteiger partial charge in [-0.05, 0) is 44.7 Å². The third-order valence-electron chi connectivity index (χ3n) is 5.57. The van der Waals surface area contributed by atoms with E-state index in [0.717, 1.165) is 42.9 Å². The van der Waals surface area contributed by atoms with Gasteiger partial charge in [0.25, 0.3) is 0 Å². The standard InChI is InChI=1S/C24H30N4O4.C2H6O.2C2H6/c1-17(27-9-5-6-19(27)16-30)26-24-14-18(7-8-23(24)25-2)28(10-11-29)20-12-21(31-3)15-22(13-20)32-4;1-3-2;2*1-2/h7-8,12-16,19,29H,2,5-6,9-11H2,1,3-4H3;1-2H3;2*1-2H3. The largest absolute Gasteiger partial charge is 0.497 e. The van der Waals surface area contributed by atoms with Gasteiger partial charge in [-0.2, -0.15) is 0 Å². The first kappa shape index (κ1) is 35.6. The molecule has 0 amide bonds. The minimum atomic E-state index is -0.141. The van der Waals surface area contributed by atoms with Crippen molar-refractivity contribution in [3.63, 3.8) is 0 Å². The molecule has 218 valence electrons. The summed E-state index contributed by atoms with van der Waals surface area (Å²) in [7, 11) is 6.44. The smallest absolute Gasteiger partial charge is 0.142 e. The molecule has 9 nitrogen and oxygen atoms in total. The number of benzene rings is 2. The fourth-order valence-electron chi connectivity index (χ4n) is 3.93. The minimum absolute atomic E-state index is 0.0482. The highest BCUT2D eigenvalue weighted by molar-refractivity contribution is 5.88. The minimum Gasteiger partial charge on any atom is -0.497 e. The number of aldehydes is 1. The van der Waals surface area contributed by atoms with E-state index in [-0.39, 0.29) is 12.6 Å². The average Bonchev–Trinajstić information content (AvgIpc) is 3.47. The number of carbonyl (C=O) groups is 1. The number of aliphatic imine (C=N–C) groups is 2. The quantitative estimate of drug-likeness (QED) is 0.228. The fourth-order valence-corrected chi connectivity index (χ4v) is 3.93. The SMILES string of the molecule is C=Nc1ccc(N(CCO)c2cc(OC)cc(OC)c2)cc1N=C(C)N1CCCC1C=O.CC.CC.COC. The van der Waals surface area contributed by atoms with E-state index >= 15 is 0 Å². The Morgan fingerprint density at radius 2 is 1.62 bits per heavy atom. The lowest BCUT2D eigenvalue weighted by Crippen LogP contribution is -2.34. The zero-order chi connectivity index (χ0) is 29.8. The summed E-state index contributed by atoms with van der Waals surface area (Å²) in [4.78, 5) is 24.3. The molecule has 1 fully saturated rings. The van der Waals surface area contributed by atoms with Crippen molar-refractivity contribution in [2.45, 2.75) is 53.5 Å². The van der Waals surface area contributed by atoms with E-state index in [1.807, 2.05) is 74.8 Å². The second kappa shape index (κ2) is 20.5. The second-order valence-electron chi connectivity index (χ2n) is 7.88. The molecule has 1 heterocycles. The summed E-state index contributed by atoms with van der Waals surface area (Å²) in [6, 6.07) is 11.1. The first-order valence-electron chi connectivity index (χ1n) is 13.4. The lowest BCUT2D eigenvalue weighted by molar-refractivity contribution is -0.110. The molecule has 0 saturated carbocycles. The van der Waals surface area contributed by atoms with Crippen molar-refractivity contribution < 1.29 is 24.1 Å². The molecule has 39 heavy (non-hydrogen) atoms. The number of carbonyl (C=O) groups excluding carboxylic acids is 1. The molecule has 1 aliphatic heterocycles. The summed E-state index contributed by atoms with van der Waals surface area (Å²) in [5.74, 6) is 2.06. The number of aliphatic hydroxyl groups excluding tert-OH is 1. The Morgan fingerprint density at radius 3 is 2.10 bits per heavy atom. The van der Waals surface area contributed by atoms with Crippen LogP contribution in [0, 0.1) is 0 Å². The Bertz CT molecular complexity index is 991. The highest BCUT2D eigenvalue weighted by Gasteiger charge is 2.25. The van der Waals surface area contributed by atoms with Crippen LogP contribution in [0.5, 0.6) is 11.5 Å². The molecule has 1 N–H and O–H groups in total. The molecule has 2 aromatic carbocycles. The number of methoxy groups -OCH3 is 3. The maximum absolute atomic E-state index is 11.4. The molecule has 2 aromatic rings. The summed E-state index contributed by atoms with van der Waals surface area (Å²) in [6.45, 7) is 14.7. The number of amidine groups is 1. The van der Waals surface area contributed by atoms with E-state index in [2.05, 4.69) is 16.4 Å². The molecule has 0 aliphatic carbocycles. The zero-order valence-electron chi connectivity index (χ0n) is 25.2. The Morgan fingerprint density at radius 1 is 1.03 bits per heavy atom. The molecule has 0 spiro atoms. The molecule has 0 aromatic heterocycles. The van der Waals surface area contributed by atoms with Crippen LogP contribution in [0.1, 0.15) is 47.5 Å². The maximum atomic E-state index is 11.4. The van der Waals surface area contributed by atoms with E-state index in [1.165, 1.54) is 0 Å². The van der Waals surface area contributed by atoms with Gasteiger partial charge in [0.2, 0.25) is 0 Å². The number of rotatable bonds is 9. The van der Waals surface area contributed by atoms with Crippen LogP contribution < -0.4 is 14.4 Å². The Labute approximate surface area is 235 Å². The molecule has 9 heteroatoms. The number of hydrogen-bond donors (Lipinski definition) is 1. The number of likely N-dealkylation sites (tertiary alicyclic amines) is 1. The van der Waals surface area contributed by atoms with Gasteiger partial charge >= 0.3 is 0 Å². The number of hydrogen-bond acceptors (Lipinski definition) is 8. The number of nitrogens with zero attached hydrogens (tertiary/aromatic N) is 4. The third kappa shape index (κ3) is 10.7. The fraction of sp³-hybridized carbons (Fsp3) is 0.500. The Balaban J connectivity index is 0.00000189. The Kier molecular flexibility index (Phi) is 18.7. The normalized spacial score (nSPS) is 13.9. The average molecular weight is 545 g/mol. The topological polar surface area (TPSA) is 96.2 Å². The third-order valence-corrected chi connectivity index (χ3v) is 5.57. The van der Waals surface area contributed by atoms with Crippen LogP contribution in [0.4, 0.5) is 22.7 Å². The van der Waals surface area contributed by atoms with Crippen molar-refractivity contribution in [3.05, 3.63) is 36.4 Å². The second-order valence-corrected chi connectivity index (χ2v) is 7.88. The number of anilines is 2.